The molecule has 1 aromatic heterocycles. The second-order valence-corrected chi connectivity index (χ2v) is 6.45. The molecular weight excluding hydrogens is 322 g/mol. The van der Waals surface area contributed by atoms with E-state index < -0.39 is 0 Å². The summed E-state index contributed by atoms with van der Waals surface area (Å²) in [5, 5.41) is 9.63. The monoisotopic (exact) mass is 343 g/mol. The summed E-state index contributed by atoms with van der Waals surface area (Å²) >= 11 is 0. The zero-order valence-corrected chi connectivity index (χ0v) is 14.7. The number of benzene rings is 1. The zero-order valence-electron chi connectivity index (χ0n) is 14.7. The Morgan fingerprint density at radius 3 is 2.80 bits per heavy atom. The van der Waals surface area contributed by atoms with Gasteiger partial charge in [0.1, 0.15) is 11.3 Å². The summed E-state index contributed by atoms with van der Waals surface area (Å²) in [5.74, 6) is 0.844. The fraction of sp³-hybridized carbons (Fsp3) is 0.389. The minimum Gasteiger partial charge on any atom is -0.482 e. The van der Waals surface area contributed by atoms with Gasteiger partial charge in [-0.15, -0.1) is 0 Å². The first-order valence-electron chi connectivity index (χ1n) is 8.20. The van der Waals surface area contributed by atoms with Crippen molar-refractivity contribution in [3.63, 3.8) is 0 Å². The number of nitrogens with zero attached hydrogens (tertiary/aromatic N) is 1. The Bertz CT molecular complexity index is 826. The Morgan fingerprint density at radius 2 is 2.08 bits per heavy atom. The molecule has 2 aromatic rings. The van der Waals surface area contributed by atoms with Crippen molar-refractivity contribution in [2.45, 2.75) is 39.7 Å². The molecule has 7 nitrogen and oxygen atoms in total. The van der Waals surface area contributed by atoms with Crippen LogP contribution in [0.25, 0.3) is 0 Å². The number of anilines is 1. The van der Waals surface area contributed by atoms with Crippen LogP contribution in [0.2, 0.25) is 0 Å². The van der Waals surface area contributed by atoms with Crippen molar-refractivity contribution in [3.05, 3.63) is 40.8 Å². The number of aryl methyl sites for hydroxylation is 1. The number of rotatable bonds is 4. The summed E-state index contributed by atoms with van der Waals surface area (Å²) in [7, 11) is 0. The summed E-state index contributed by atoms with van der Waals surface area (Å²) in [6, 6.07) is 5.20. The van der Waals surface area contributed by atoms with Gasteiger partial charge in [0.05, 0.1) is 17.4 Å². The molecule has 2 amide bonds. The highest BCUT2D eigenvalue weighted by Crippen LogP contribution is 2.31. The number of amides is 2. The van der Waals surface area contributed by atoms with Gasteiger partial charge in [-0.05, 0) is 31.5 Å². The molecule has 0 aliphatic carbocycles. The van der Waals surface area contributed by atoms with Gasteiger partial charge in [-0.2, -0.15) is 0 Å². The lowest BCUT2D eigenvalue weighted by atomic mass is 10.0. The highest BCUT2D eigenvalue weighted by molar-refractivity contribution is 5.97. The second kappa shape index (κ2) is 6.58. The molecule has 132 valence electrons. The van der Waals surface area contributed by atoms with Crippen molar-refractivity contribution >= 4 is 17.5 Å². The van der Waals surface area contributed by atoms with E-state index in [2.05, 4.69) is 15.8 Å². The smallest absolute Gasteiger partial charge is 0.262 e. The Balaban J connectivity index is 1.80. The van der Waals surface area contributed by atoms with E-state index in [-0.39, 0.29) is 30.4 Å². The van der Waals surface area contributed by atoms with Crippen molar-refractivity contribution in [2.75, 3.05) is 11.9 Å². The largest absolute Gasteiger partial charge is 0.482 e. The van der Waals surface area contributed by atoms with Crippen LogP contribution >= 0.6 is 0 Å². The number of hydrogen-bond donors (Lipinski definition) is 2. The number of hydrogen-bond acceptors (Lipinski definition) is 5. The van der Waals surface area contributed by atoms with Crippen molar-refractivity contribution in [3.8, 4) is 5.75 Å². The molecule has 0 radical (unpaired) electrons. The molecule has 3 rings (SSSR count). The van der Waals surface area contributed by atoms with E-state index in [1.54, 1.807) is 19.1 Å². The van der Waals surface area contributed by atoms with E-state index >= 15 is 0 Å². The molecule has 0 unspecified atom stereocenters. The second-order valence-electron chi connectivity index (χ2n) is 6.45. The molecule has 7 heteroatoms. The molecule has 2 N–H and O–H groups in total. The summed E-state index contributed by atoms with van der Waals surface area (Å²) in [6.45, 7) is 7.55. The average molecular weight is 343 g/mol. The molecule has 0 fully saturated rings. The van der Waals surface area contributed by atoms with Crippen molar-refractivity contribution in [1.82, 2.24) is 10.5 Å². The standard InChI is InChI=1S/C18H21N3O4/c1-9(2)17-16(11(4)21-25-17)18(23)19-10(3)12-5-6-14-13(7-12)20-15(22)8-24-14/h5-7,9-10H,8H2,1-4H3,(H,19,23)(H,20,22)/t10-/m1/s1. The molecule has 2 heterocycles. The molecule has 0 bridgehead atoms. The summed E-state index contributed by atoms with van der Waals surface area (Å²) in [4.78, 5) is 24.1. The fourth-order valence-electron chi connectivity index (χ4n) is 2.78. The minimum absolute atomic E-state index is 0.0172. The molecule has 0 spiro atoms. The Hall–Kier alpha value is -2.83. The summed E-state index contributed by atoms with van der Waals surface area (Å²) in [6.07, 6.45) is 0. The predicted molar refractivity (Wildman–Crippen MR) is 91.8 cm³/mol. The highest BCUT2D eigenvalue weighted by atomic mass is 16.5. The Kier molecular flexibility index (Phi) is 4.48. The third kappa shape index (κ3) is 3.35. The van der Waals surface area contributed by atoms with E-state index in [4.69, 9.17) is 9.26 Å². The topological polar surface area (TPSA) is 93.5 Å². The van der Waals surface area contributed by atoms with Crippen molar-refractivity contribution in [1.29, 1.82) is 0 Å². The van der Waals surface area contributed by atoms with Gasteiger partial charge >= 0.3 is 0 Å². The number of fused-ring (bicyclic) bond motifs is 1. The first-order valence-corrected chi connectivity index (χ1v) is 8.20. The Morgan fingerprint density at radius 1 is 1.32 bits per heavy atom. The lowest BCUT2D eigenvalue weighted by molar-refractivity contribution is -0.118. The van der Waals surface area contributed by atoms with E-state index in [1.165, 1.54) is 0 Å². The molecule has 1 atom stereocenters. The molecule has 0 saturated heterocycles. The van der Waals surface area contributed by atoms with Crippen molar-refractivity contribution in [2.24, 2.45) is 0 Å². The maximum Gasteiger partial charge on any atom is 0.262 e. The summed E-state index contributed by atoms with van der Waals surface area (Å²) < 4.78 is 10.6. The van der Waals surface area contributed by atoms with Gasteiger partial charge in [-0.3, -0.25) is 9.59 Å². The predicted octanol–water partition coefficient (Wildman–Crippen LogP) is 2.93. The molecule has 1 aliphatic rings. The van der Waals surface area contributed by atoms with Gasteiger partial charge < -0.3 is 19.9 Å². The zero-order chi connectivity index (χ0) is 18.1. The van der Waals surface area contributed by atoms with Gasteiger partial charge in [-0.25, -0.2) is 0 Å². The molecule has 25 heavy (non-hydrogen) atoms. The van der Waals surface area contributed by atoms with Gasteiger partial charge in [0.2, 0.25) is 0 Å². The first kappa shape index (κ1) is 17.0. The number of carbonyl (C=O) groups is 2. The van der Waals surface area contributed by atoms with E-state index in [0.29, 0.717) is 28.5 Å². The third-order valence-electron chi connectivity index (χ3n) is 4.12. The molecule has 1 aromatic carbocycles. The van der Waals surface area contributed by atoms with Gasteiger partial charge in [0, 0.05) is 5.92 Å². The Labute approximate surface area is 145 Å². The number of aromatic nitrogens is 1. The van der Waals surface area contributed by atoms with Crippen LogP contribution < -0.4 is 15.4 Å². The van der Waals surface area contributed by atoms with Gasteiger partial charge in [0.15, 0.2) is 12.4 Å². The third-order valence-corrected chi connectivity index (χ3v) is 4.12. The SMILES string of the molecule is Cc1noc(C(C)C)c1C(=O)N[C@H](C)c1ccc2c(c1)NC(=O)CO2. The maximum absolute atomic E-state index is 12.7. The molecule has 1 aliphatic heterocycles. The lowest BCUT2D eigenvalue weighted by Crippen LogP contribution is -2.29. The number of nitrogens with one attached hydrogen (secondary N) is 2. The quantitative estimate of drug-likeness (QED) is 0.890. The van der Waals surface area contributed by atoms with E-state index in [9.17, 15) is 9.59 Å². The van der Waals surface area contributed by atoms with Crippen LogP contribution in [0.4, 0.5) is 5.69 Å². The average Bonchev–Trinajstić information content (AvgIpc) is 2.96. The van der Waals surface area contributed by atoms with Crippen LogP contribution in [0.1, 0.15) is 60.1 Å². The van der Waals surface area contributed by atoms with Crippen LogP contribution in [0.5, 0.6) is 5.75 Å². The van der Waals surface area contributed by atoms with Crippen molar-refractivity contribution < 1.29 is 18.8 Å². The van der Waals surface area contributed by atoms with E-state index in [0.717, 1.165) is 5.56 Å². The summed E-state index contributed by atoms with van der Waals surface area (Å²) in [5.41, 5.74) is 2.52. The maximum atomic E-state index is 12.7. The number of ether oxygens (including phenoxy) is 1. The van der Waals surface area contributed by atoms with Gasteiger partial charge in [0.25, 0.3) is 11.8 Å². The normalized spacial score (nSPS) is 14.5. The minimum atomic E-state index is -0.258. The van der Waals surface area contributed by atoms with Crippen LogP contribution in [0, 0.1) is 6.92 Å². The fourth-order valence-corrected chi connectivity index (χ4v) is 2.78. The van der Waals surface area contributed by atoms with Crippen LogP contribution in [-0.2, 0) is 4.79 Å². The van der Waals surface area contributed by atoms with Gasteiger partial charge in [-0.1, -0.05) is 25.1 Å². The molecule has 0 saturated carbocycles. The lowest BCUT2D eigenvalue weighted by Gasteiger charge is -2.21. The number of carbonyl (C=O) groups excluding carboxylic acids is 2. The van der Waals surface area contributed by atoms with Crippen LogP contribution in [0.15, 0.2) is 22.7 Å². The van der Waals surface area contributed by atoms with Crippen LogP contribution in [-0.4, -0.2) is 23.6 Å². The van der Waals surface area contributed by atoms with Crippen LogP contribution in [0.3, 0.4) is 0 Å². The highest BCUT2D eigenvalue weighted by Gasteiger charge is 2.24. The molecular formula is C18H21N3O4. The van der Waals surface area contributed by atoms with E-state index in [1.807, 2.05) is 26.8 Å². The first-order chi connectivity index (χ1) is 11.9.